The zero-order valence-electron chi connectivity index (χ0n) is 8.02. The molecule has 2 aromatic heterocycles. The molecule has 2 nitrogen and oxygen atoms in total. The van der Waals surface area contributed by atoms with Gasteiger partial charge in [0.05, 0.1) is 6.26 Å². The summed E-state index contributed by atoms with van der Waals surface area (Å²) in [5, 5.41) is 0. The Bertz CT molecular complexity index is 353. The maximum absolute atomic E-state index is 5.25. The SMILES string of the molecule is c1ccc(CCCc2ccco2)nc1. The molecule has 0 aliphatic rings. The quantitative estimate of drug-likeness (QED) is 0.735. The molecule has 0 N–H and O–H groups in total. The fraction of sp³-hybridized carbons (Fsp3) is 0.250. The van der Waals surface area contributed by atoms with Crippen LogP contribution in [0.3, 0.4) is 0 Å². The highest BCUT2D eigenvalue weighted by Gasteiger charge is 1.97. The molecule has 0 aliphatic heterocycles. The molecule has 2 heterocycles. The van der Waals surface area contributed by atoms with E-state index >= 15 is 0 Å². The molecule has 0 bridgehead atoms. The second-order valence-corrected chi connectivity index (χ2v) is 3.25. The molecule has 0 aliphatic carbocycles. The lowest BCUT2D eigenvalue weighted by Crippen LogP contribution is -1.90. The van der Waals surface area contributed by atoms with Crippen molar-refractivity contribution in [2.24, 2.45) is 0 Å². The van der Waals surface area contributed by atoms with E-state index in [1.165, 1.54) is 0 Å². The van der Waals surface area contributed by atoms with E-state index in [-0.39, 0.29) is 0 Å². The molecule has 0 amide bonds. The Morgan fingerprint density at radius 3 is 2.79 bits per heavy atom. The van der Waals surface area contributed by atoms with Gasteiger partial charge >= 0.3 is 0 Å². The largest absolute Gasteiger partial charge is 0.469 e. The summed E-state index contributed by atoms with van der Waals surface area (Å²) in [5.74, 6) is 1.06. The number of rotatable bonds is 4. The number of aryl methyl sites for hydroxylation is 2. The van der Waals surface area contributed by atoms with Crippen LogP contribution in [0.4, 0.5) is 0 Å². The minimum Gasteiger partial charge on any atom is -0.469 e. The summed E-state index contributed by atoms with van der Waals surface area (Å²) >= 11 is 0. The van der Waals surface area contributed by atoms with Crippen LogP contribution in [-0.4, -0.2) is 4.98 Å². The maximum atomic E-state index is 5.25. The predicted octanol–water partition coefficient (Wildman–Crippen LogP) is 2.85. The lowest BCUT2D eigenvalue weighted by atomic mass is 10.1. The van der Waals surface area contributed by atoms with Crippen LogP contribution >= 0.6 is 0 Å². The molecular formula is C12H13NO. The third kappa shape index (κ3) is 2.46. The molecule has 2 aromatic rings. The van der Waals surface area contributed by atoms with Crippen molar-refractivity contribution in [3.8, 4) is 0 Å². The van der Waals surface area contributed by atoms with Gasteiger partial charge in [-0.2, -0.15) is 0 Å². The number of nitrogens with zero attached hydrogens (tertiary/aromatic N) is 1. The van der Waals surface area contributed by atoms with Crippen LogP contribution in [0.25, 0.3) is 0 Å². The molecule has 14 heavy (non-hydrogen) atoms. The minimum atomic E-state index is 0.990. The van der Waals surface area contributed by atoms with Crippen LogP contribution in [0, 0.1) is 0 Å². The fourth-order valence-corrected chi connectivity index (χ4v) is 1.44. The van der Waals surface area contributed by atoms with Crippen molar-refractivity contribution in [1.29, 1.82) is 0 Å². The normalized spacial score (nSPS) is 10.3. The molecule has 0 spiro atoms. The van der Waals surface area contributed by atoms with E-state index in [4.69, 9.17) is 4.42 Å². The smallest absolute Gasteiger partial charge is 0.103 e. The van der Waals surface area contributed by atoms with Gasteiger partial charge in [0.1, 0.15) is 5.76 Å². The van der Waals surface area contributed by atoms with Crippen molar-refractivity contribution < 1.29 is 4.42 Å². The summed E-state index contributed by atoms with van der Waals surface area (Å²) in [5.41, 5.74) is 1.15. The van der Waals surface area contributed by atoms with E-state index in [0.29, 0.717) is 0 Å². The first-order valence-corrected chi connectivity index (χ1v) is 4.87. The summed E-state index contributed by atoms with van der Waals surface area (Å²) in [6.45, 7) is 0. The van der Waals surface area contributed by atoms with Gasteiger partial charge in [-0.1, -0.05) is 6.07 Å². The van der Waals surface area contributed by atoms with E-state index in [1.807, 2.05) is 30.5 Å². The average Bonchev–Trinajstić information content (AvgIpc) is 2.72. The standard InChI is InChI=1S/C12H13NO/c1-2-9-13-11(5-1)6-3-7-12-8-4-10-14-12/h1-2,4-5,8-10H,3,6-7H2. The van der Waals surface area contributed by atoms with Gasteiger partial charge in [-0.15, -0.1) is 0 Å². The van der Waals surface area contributed by atoms with Crippen LogP contribution in [-0.2, 0) is 12.8 Å². The first-order chi connectivity index (χ1) is 6.95. The molecule has 0 aromatic carbocycles. The van der Waals surface area contributed by atoms with Gasteiger partial charge in [0.25, 0.3) is 0 Å². The van der Waals surface area contributed by atoms with Crippen LogP contribution in [0.1, 0.15) is 17.9 Å². The number of furan rings is 1. The Morgan fingerprint density at radius 1 is 1.07 bits per heavy atom. The summed E-state index contributed by atoms with van der Waals surface area (Å²) in [6.07, 6.45) is 6.65. The lowest BCUT2D eigenvalue weighted by molar-refractivity contribution is 0.501. The van der Waals surface area contributed by atoms with Crippen molar-refractivity contribution in [3.05, 3.63) is 54.2 Å². The number of aromatic nitrogens is 1. The second-order valence-electron chi connectivity index (χ2n) is 3.25. The highest BCUT2D eigenvalue weighted by atomic mass is 16.3. The van der Waals surface area contributed by atoms with E-state index in [9.17, 15) is 0 Å². The third-order valence-corrected chi connectivity index (χ3v) is 2.16. The molecule has 0 saturated heterocycles. The summed E-state index contributed by atoms with van der Waals surface area (Å²) in [4.78, 5) is 4.27. The van der Waals surface area contributed by atoms with Gasteiger partial charge in [0, 0.05) is 18.3 Å². The second kappa shape index (κ2) is 4.61. The van der Waals surface area contributed by atoms with Gasteiger partial charge in [-0.05, 0) is 37.1 Å². The van der Waals surface area contributed by atoms with Crippen molar-refractivity contribution in [2.45, 2.75) is 19.3 Å². The van der Waals surface area contributed by atoms with Crippen molar-refractivity contribution in [2.75, 3.05) is 0 Å². The molecule has 0 radical (unpaired) electrons. The van der Waals surface area contributed by atoms with Crippen LogP contribution in [0.15, 0.2) is 47.2 Å². The van der Waals surface area contributed by atoms with Crippen LogP contribution in [0.2, 0.25) is 0 Å². The van der Waals surface area contributed by atoms with E-state index in [0.717, 1.165) is 30.7 Å². The summed E-state index contributed by atoms with van der Waals surface area (Å²) < 4.78 is 5.25. The number of pyridine rings is 1. The average molecular weight is 187 g/mol. The van der Waals surface area contributed by atoms with Crippen LogP contribution < -0.4 is 0 Å². The summed E-state index contributed by atoms with van der Waals surface area (Å²) in [7, 11) is 0. The first kappa shape index (κ1) is 9.00. The molecule has 0 atom stereocenters. The third-order valence-electron chi connectivity index (χ3n) is 2.16. The van der Waals surface area contributed by atoms with Gasteiger partial charge in [0.15, 0.2) is 0 Å². The molecule has 0 fully saturated rings. The zero-order valence-corrected chi connectivity index (χ0v) is 8.02. The van der Waals surface area contributed by atoms with Gasteiger partial charge in [0.2, 0.25) is 0 Å². The van der Waals surface area contributed by atoms with Crippen molar-refractivity contribution >= 4 is 0 Å². The van der Waals surface area contributed by atoms with Gasteiger partial charge in [-0.25, -0.2) is 0 Å². The van der Waals surface area contributed by atoms with E-state index < -0.39 is 0 Å². The topological polar surface area (TPSA) is 26.0 Å². The molecular weight excluding hydrogens is 174 g/mol. The molecule has 72 valence electrons. The fourth-order valence-electron chi connectivity index (χ4n) is 1.44. The monoisotopic (exact) mass is 187 g/mol. The van der Waals surface area contributed by atoms with Crippen LogP contribution in [0.5, 0.6) is 0 Å². The highest BCUT2D eigenvalue weighted by molar-refractivity contribution is 5.04. The molecule has 0 unspecified atom stereocenters. The lowest BCUT2D eigenvalue weighted by Gasteiger charge is -1.98. The first-order valence-electron chi connectivity index (χ1n) is 4.87. The van der Waals surface area contributed by atoms with Gasteiger partial charge < -0.3 is 4.42 Å². The Labute approximate surface area is 83.6 Å². The van der Waals surface area contributed by atoms with Crippen molar-refractivity contribution in [3.63, 3.8) is 0 Å². The number of hydrogen-bond acceptors (Lipinski definition) is 2. The minimum absolute atomic E-state index is 0.990. The van der Waals surface area contributed by atoms with Crippen molar-refractivity contribution in [1.82, 2.24) is 4.98 Å². The molecule has 2 heteroatoms. The van der Waals surface area contributed by atoms with E-state index in [2.05, 4.69) is 11.1 Å². The molecule has 2 rings (SSSR count). The Kier molecular flexibility index (Phi) is 2.96. The Morgan fingerprint density at radius 2 is 2.07 bits per heavy atom. The van der Waals surface area contributed by atoms with E-state index in [1.54, 1.807) is 6.26 Å². The summed E-state index contributed by atoms with van der Waals surface area (Å²) in [6, 6.07) is 9.96. The number of hydrogen-bond donors (Lipinski definition) is 0. The molecule has 0 saturated carbocycles. The highest BCUT2D eigenvalue weighted by Crippen LogP contribution is 2.06. The zero-order chi connectivity index (χ0) is 9.64. The van der Waals surface area contributed by atoms with Gasteiger partial charge in [-0.3, -0.25) is 4.98 Å². The Hall–Kier alpha value is -1.57. The predicted molar refractivity (Wildman–Crippen MR) is 55.0 cm³/mol. The Balaban J connectivity index is 1.79. The maximum Gasteiger partial charge on any atom is 0.103 e.